The van der Waals surface area contributed by atoms with Gasteiger partial charge in [0.15, 0.2) is 0 Å². The van der Waals surface area contributed by atoms with Crippen LogP contribution in [-0.4, -0.2) is 72.3 Å². The lowest BCUT2D eigenvalue weighted by Crippen LogP contribution is -2.62. The lowest BCUT2D eigenvalue weighted by molar-refractivity contribution is -0.152. The third-order valence-electron chi connectivity index (χ3n) is 7.02. The number of amides is 3. The van der Waals surface area contributed by atoms with Gasteiger partial charge in [0.05, 0.1) is 11.5 Å². The third-order valence-corrected chi connectivity index (χ3v) is 7.02. The van der Waals surface area contributed by atoms with Gasteiger partial charge in [-0.3, -0.25) is 14.4 Å². The van der Waals surface area contributed by atoms with Gasteiger partial charge in [0.1, 0.15) is 6.04 Å². The molecule has 0 saturated carbocycles. The lowest BCUT2D eigenvalue weighted by Gasteiger charge is -2.45. The van der Waals surface area contributed by atoms with Gasteiger partial charge in [-0.25, -0.2) is 0 Å². The highest BCUT2D eigenvalue weighted by atomic mass is 16.2. The van der Waals surface area contributed by atoms with Crippen molar-refractivity contribution in [2.75, 3.05) is 32.7 Å². The van der Waals surface area contributed by atoms with Crippen molar-refractivity contribution in [1.82, 2.24) is 20.4 Å². The first kappa shape index (κ1) is 23.0. The van der Waals surface area contributed by atoms with Crippen molar-refractivity contribution in [3.05, 3.63) is 0 Å². The summed E-state index contributed by atoms with van der Waals surface area (Å²) in [6, 6.07) is -0.597. The Kier molecular flexibility index (Phi) is 7.43. The molecule has 170 valence electrons. The van der Waals surface area contributed by atoms with Gasteiger partial charge in [0.25, 0.3) is 0 Å². The summed E-state index contributed by atoms with van der Waals surface area (Å²) in [4.78, 5) is 43.0. The molecule has 0 aliphatic carbocycles. The summed E-state index contributed by atoms with van der Waals surface area (Å²) in [6.07, 6.45) is 4.86. The van der Waals surface area contributed by atoms with E-state index in [1.807, 2.05) is 9.80 Å². The van der Waals surface area contributed by atoms with Gasteiger partial charge in [0.2, 0.25) is 17.7 Å². The molecule has 0 unspecified atom stereocenters. The number of hydrogen-bond acceptors (Lipinski definition) is 4. The van der Waals surface area contributed by atoms with Crippen molar-refractivity contribution < 1.29 is 14.4 Å². The Hall–Kier alpha value is -1.63. The Bertz CT molecular complexity index is 640. The zero-order valence-corrected chi connectivity index (χ0v) is 19.2. The average Bonchev–Trinajstić information content (AvgIpc) is 2.70. The van der Waals surface area contributed by atoms with Crippen LogP contribution in [0.5, 0.6) is 0 Å². The molecule has 7 heteroatoms. The second-order valence-corrected chi connectivity index (χ2v) is 10.3. The largest absolute Gasteiger partial charge is 0.356 e. The molecule has 0 aromatic rings. The molecular weight excluding hydrogens is 380 g/mol. The highest BCUT2D eigenvalue weighted by Crippen LogP contribution is 2.38. The van der Waals surface area contributed by atoms with Crippen molar-refractivity contribution >= 4 is 17.7 Å². The molecule has 0 bridgehead atoms. The number of likely N-dealkylation sites (tertiary alicyclic amines) is 1. The molecule has 7 nitrogen and oxygen atoms in total. The van der Waals surface area contributed by atoms with Crippen LogP contribution in [0.2, 0.25) is 0 Å². The van der Waals surface area contributed by atoms with Crippen molar-refractivity contribution in [2.24, 2.45) is 17.3 Å². The Labute approximate surface area is 181 Å². The predicted octanol–water partition coefficient (Wildman–Crippen LogP) is 1.77. The van der Waals surface area contributed by atoms with Crippen LogP contribution >= 0.6 is 0 Å². The molecule has 0 radical (unpaired) electrons. The number of nitrogens with one attached hydrogen (secondary N) is 2. The van der Waals surface area contributed by atoms with Crippen LogP contribution < -0.4 is 10.6 Å². The van der Waals surface area contributed by atoms with Gasteiger partial charge in [-0.05, 0) is 50.4 Å². The van der Waals surface area contributed by atoms with Crippen LogP contribution in [0.4, 0.5) is 0 Å². The smallest absolute Gasteiger partial charge is 0.245 e. The maximum atomic E-state index is 13.6. The maximum Gasteiger partial charge on any atom is 0.245 e. The summed E-state index contributed by atoms with van der Waals surface area (Å²) in [5.41, 5.74) is -0.296. The highest BCUT2D eigenvalue weighted by Gasteiger charge is 2.45. The predicted molar refractivity (Wildman–Crippen MR) is 117 cm³/mol. The minimum atomic E-state index is -0.400. The van der Waals surface area contributed by atoms with E-state index in [-0.39, 0.29) is 29.2 Å². The van der Waals surface area contributed by atoms with E-state index < -0.39 is 6.04 Å². The van der Waals surface area contributed by atoms with Gasteiger partial charge in [-0.2, -0.15) is 0 Å². The van der Waals surface area contributed by atoms with Crippen LogP contribution in [0.25, 0.3) is 0 Å². The minimum absolute atomic E-state index is 0.0633. The molecule has 2 N–H and O–H groups in total. The summed E-state index contributed by atoms with van der Waals surface area (Å²) in [7, 11) is 0. The molecule has 0 aromatic heterocycles. The fourth-order valence-corrected chi connectivity index (χ4v) is 5.30. The summed E-state index contributed by atoms with van der Waals surface area (Å²) >= 11 is 0. The van der Waals surface area contributed by atoms with Gasteiger partial charge in [0, 0.05) is 32.7 Å². The zero-order valence-electron chi connectivity index (χ0n) is 19.2. The van der Waals surface area contributed by atoms with Crippen LogP contribution in [0.3, 0.4) is 0 Å². The Morgan fingerprint density at radius 3 is 2.33 bits per heavy atom. The summed E-state index contributed by atoms with van der Waals surface area (Å²) < 4.78 is 0. The molecule has 30 heavy (non-hydrogen) atoms. The second-order valence-electron chi connectivity index (χ2n) is 10.3. The first-order chi connectivity index (χ1) is 14.2. The molecule has 3 saturated heterocycles. The number of piperazine rings is 1. The van der Waals surface area contributed by atoms with Gasteiger partial charge >= 0.3 is 0 Å². The SMILES string of the molecule is CC(C)C[C@@H]1NCCN([C@@H](CC(C)C)C(=O)N2CCC3(CCCNC3=O)CC2)C1=O. The summed E-state index contributed by atoms with van der Waals surface area (Å²) in [5, 5.41) is 6.35. The molecule has 3 rings (SSSR count). The van der Waals surface area contributed by atoms with E-state index in [9.17, 15) is 14.4 Å². The fraction of sp³-hybridized carbons (Fsp3) is 0.870. The molecule has 3 aliphatic rings. The van der Waals surface area contributed by atoms with E-state index in [0.717, 1.165) is 45.2 Å². The van der Waals surface area contributed by atoms with Crippen LogP contribution in [0, 0.1) is 17.3 Å². The number of carbonyl (C=O) groups is 3. The molecule has 0 aromatic carbocycles. The maximum absolute atomic E-state index is 13.6. The summed E-state index contributed by atoms with van der Waals surface area (Å²) in [6.45, 7) is 11.7. The van der Waals surface area contributed by atoms with Gasteiger partial charge < -0.3 is 20.4 Å². The number of rotatable bonds is 6. The van der Waals surface area contributed by atoms with Crippen LogP contribution in [-0.2, 0) is 14.4 Å². The third kappa shape index (κ3) is 4.98. The van der Waals surface area contributed by atoms with Crippen LogP contribution in [0.15, 0.2) is 0 Å². The number of piperidine rings is 2. The van der Waals surface area contributed by atoms with Crippen molar-refractivity contribution in [1.29, 1.82) is 0 Å². The molecule has 1 spiro atoms. The monoisotopic (exact) mass is 420 g/mol. The fourth-order valence-electron chi connectivity index (χ4n) is 5.30. The first-order valence-corrected chi connectivity index (χ1v) is 11.8. The van der Waals surface area contributed by atoms with Crippen LogP contribution in [0.1, 0.15) is 66.2 Å². The van der Waals surface area contributed by atoms with Crippen molar-refractivity contribution in [3.63, 3.8) is 0 Å². The first-order valence-electron chi connectivity index (χ1n) is 11.8. The molecule has 3 amide bonds. The lowest BCUT2D eigenvalue weighted by atomic mass is 9.72. The van der Waals surface area contributed by atoms with E-state index >= 15 is 0 Å². The Balaban J connectivity index is 1.70. The van der Waals surface area contributed by atoms with Crippen molar-refractivity contribution in [3.8, 4) is 0 Å². The van der Waals surface area contributed by atoms with E-state index in [2.05, 4.69) is 38.3 Å². The van der Waals surface area contributed by atoms with E-state index in [1.54, 1.807) is 0 Å². The quantitative estimate of drug-likeness (QED) is 0.686. The van der Waals surface area contributed by atoms with E-state index in [0.29, 0.717) is 37.9 Å². The normalized spacial score (nSPS) is 25.7. The molecule has 3 fully saturated rings. The number of carbonyl (C=O) groups excluding carboxylic acids is 3. The minimum Gasteiger partial charge on any atom is -0.356 e. The molecule has 3 aliphatic heterocycles. The van der Waals surface area contributed by atoms with E-state index in [4.69, 9.17) is 0 Å². The Morgan fingerprint density at radius 1 is 1.03 bits per heavy atom. The van der Waals surface area contributed by atoms with Gasteiger partial charge in [-0.15, -0.1) is 0 Å². The topological polar surface area (TPSA) is 81.8 Å². The molecule has 3 heterocycles. The second kappa shape index (κ2) is 9.67. The average molecular weight is 421 g/mol. The highest BCUT2D eigenvalue weighted by molar-refractivity contribution is 5.91. The molecular formula is C23H40N4O3. The number of nitrogens with zero attached hydrogens (tertiary/aromatic N) is 2. The number of hydrogen-bond donors (Lipinski definition) is 2. The zero-order chi connectivity index (χ0) is 21.9. The Morgan fingerprint density at radius 2 is 1.73 bits per heavy atom. The molecule has 2 atom stereocenters. The van der Waals surface area contributed by atoms with E-state index in [1.165, 1.54) is 0 Å². The standard InChI is InChI=1S/C23H40N4O3/c1-16(2)14-18-20(28)27(13-10-24-18)19(15-17(3)4)21(29)26-11-7-23(8-12-26)6-5-9-25-22(23)30/h16-19,24H,5-15H2,1-4H3,(H,25,30)/t18-,19-/m0/s1. The van der Waals surface area contributed by atoms with Gasteiger partial charge in [-0.1, -0.05) is 27.7 Å². The summed E-state index contributed by atoms with van der Waals surface area (Å²) in [5.74, 6) is 1.03. The van der Waals surface area contributed by atoms with Crippen molar-refractivity contribution in [2.45, 2.75) is 78.3 Å².